The normalized spacial score (nSPS) is 12.1. The molecule has 15 heavy (non-hydrogen) atoms. The summed E-state index contributed by atoms with van der Waals surface area (Å²) in [5.74, 6) is -2.08. The molecule has 0 spiro atoms. The summed E-state index contributed by atoms with van der Waals surface area (Å²) < 4.78 is 0. The number of aliphatic hydroxyl groups is 2. The van der Waals surface area contributed by atoms with Crippen molar-refractivity contribution in [2.24, 2.45) is 0 Å². The van der Waals surface area contributed by atoms with Gasteiger partial charge in [-0.05, 0) is 13.8 Å². The number of hydrogen-bond acceptors (Lipinski definition) is 8. The topological polar surface area (TPSA) is 134 Å². The Hall–Kier alpha value is -0.506. The van der Waals surface area contributed by atoms with Crippen LogP contribution < -0.4 is 0 Å². The summed E-state index contributed by atoms with van der Waals surface area (Å²) in [4.78, 5) is 25.8. The van der Waals surface area contributed by atoms with E-state index in [-0.39, 0.29) is 21.7 Å². The first kappa shape index (κ1) is 20.0. The molecule has 0 aliphatic carbocycles. The zero-order chi connectivity index (χ0) is 11.7. The third kappa shape index (κ3) is 13.5. The molecule has 0 amide bonds. The van der Waals surface area contributed by atoms with Crippen LogP contribution in [-0.2, 0) is 41.1 Å². The van der Waals surface area contributed by atoms with Crippen molar-refractivity contribution in [1.29, 1.82) is 0 Å². The molecule has 0 rings (SSSR count). The van der Waals surface area contributed by atoms with Crippen LogP contribution in [0.3, 0.4) is 0 Å². The van der Waals surface area contributed by atoms with Crippen molar-refractivity contribution in [2.45, 2.75) is 26.1 Å². The fourth-order valence-electron chi connectivity index (χ4n) is 0.153. The molecule has 4 N–H and O–H groups in total. The first-order chi connectivity index (χ1) is 6.36. The largest absolute Gasteiger partial charge is 0.382 e. The second-order valence-corrected chi connectivity index (χ2v) is 2.17. The van der Waals surface area contributed by atoms with Crippen LogP contribution in [0.2, 0.25) is 0 Å². The number of hydrogen-bond donors (Lipinski definition) is 4. The molecule has 0 radical (unpaired) electrons. The van der Waals surface area contributed by atoms with Gasteiger partial charge in [0.05, 0.1) is 0 Å². The molecule has 0 aliphatic heterocycles. The molecule has 0 aromatic carbocycles. The van der Waals surface area contributed by atoms with E-state index in [4.69, 9.17) is 20.7 Å². The van der Waals surface area contributed by atoms with Crippen molar-refractivity contribution in [3.8, 4) is 0 Å². The summed E-state index contributed by atoms with van der Waals surface area (Å²) in [5, 5.41) is 31.4. The van der Waals surface area contributed by atoms with Crippen molar-refractivity contribution < 1.29 is 61.8 Å². The van der Waals surface area contributed by atoms with Crippen molar-refractivity contribution in [3.63, 3.8) is 0 Å². The van der Waals surface area contributed by atoms with Gasteiger partial charge in [-0.15, -0.1) is 0 Å². The van der Waals surface area contributed by atoms with Gasteiger partial charge >= 0.3 is 11.9 Å². The van der Waals surface area contributed by atoms with Crippen LogP contribution in [0.1, 0.15) is 13.8 Å². The number of carbonyl (C=O) groups excluding carboxylic acids is 2. The second-order valence-electron chi connectivity index (χ2n) is 2.17. The van der Waals surface area contributed by atoms with Gasteiger partial charge in [0.15, 0.2) is 12.2 Å². The van der Waals surface area contributed by atoms with Gasteiger partial charge in [-0.25, -0.2) is 9.59 Å². The van der Waals surface area contributed by atoms with Gasteiger partial charge in [0, 0.05) is 21.7 Å². The predicted molar refractivity (Wildman–Crippen MR) is 40.8 cm³/mol. The fraction of sp³-hybridized carbons (Fsp3) is 0.667. The van der Waals surface area contributed by atoms with E-state index in [9.17, 15) is 9.59 Å². The average Bonchev–Trinajstić information content (AvgIpc) is 2.15. The third-order valence-electron chi connectivity index (χ3n) is 0.862. The van der Waals surface area contributed by atoms with E-state index in [1.54, 1.807) is 0 Å². The van der Waals surface area contributed by atoms with Gasteiger partial charge < -0.3 is 10.2 Å². The number of rotatable bonds is 2. The summed E-state index contributed by atoms with van der Waals surface area (Å²) in [5.41, 5.74) is 0. The van der Waals surface area contributed by atoms with E-state index >= 15 is 0 Å². The Balaban J connectivity index is -0.000000180. The van der Waals surface area contributed by atoms with Crippen molar-refractivity contribution in [3.05, 3.63) is 0 Å². The van der Waals surface area contributed by atoms with E-state index in [0.29, 0.717) is 0 Å². The monoisotopic (exact) mass is 260 g/mol. The standard InChI is InChI=1S/2C3H6O4.Ti/c2*1-2(4)3(5)7-6;/h2*2,4,6H,1H3;. The Morgan fingerprint density at radius 1 is 0.933 bits per heavy atom. The fourth-order valence-corrected chi connectivity index (χ4v) is 0.153. The SMILES string of the molecule is CC(O)C(=O)OO.CC(O)C(=O)OO.[Ti]. The van der Waals surface area contributed by atoms with Crippen molar-refractivity contribution >= 4 is 11.9 Å². The van der Waals surface area contributed by atoms with Gasteiger partial charge in [-0.3, -0.25) is 9.78 Å². The number of carbonyl (C=O) groups is 2. The molecule has 9 heteroatoms. The average molecular weight is 260 g/mol. The minimum Gasteiger partial charge on any atom is -0.382 e. The molecule has 0 aromatic heterocycles. The van der Waals surface area contributed by atoms with Gasteiger partial charge in [0.1, 0.15) is 0 Å². The first-order valence-electron chi connectivity index (χ1n) is 3.43. The van der Waals surface area contributed by atoms with Crippen molar-refractivity contribution in [1.82, 2.24) is 0 Å². The minimum absolute atomic E-state index is 0. The maximum Gasteiger partial charge on any atom is 0.369 e. The van der Waals surface area contributed by atoms with Gasteiger partial charge in [0.25, 0.3) is 0 Å². The van der Waals surface area contributed by atoms with Gasteiger partial charge in [-0.1, -0.05) is 0 Å². The summed E-state index contributed by atoms with van der Waals surface area (Å²) in [6.45, 7) is 2.39. The Bertz CT molecular complexity index is 160. The molecule has 2 atom stereocenters. The molecule has 0 aromatic rings. The Labute approximate surface area is 100 Å². The van der Waals surface area contributed by atoms with Crippen LogP contribution in [-0.4, -0.2) is 44.9 Å². The van der Waals surface area contributed by atoms with E-state index in [0.717, 1.165) is 0 Å². The molecule has 0 bridgehead atoms. The van der Waals surface area contributed by atoms with Crippen LogP contribution in [0.4, 0.5) is 0 Å². The van der Waals surface area contributed by atoms with E-state index in [1.165, 1.54) is 13.8 Å². The Morgan fingerprint density at radius 2 is 1.13 bits per heavy atom. The maximum absolute atomic E-state index is 9.79. The molecule has 8 nitrogen and oxygen atoms in total. The van der Waals surface area contributed by atoms with E-state index in [1.807, 2.05) is 0 Å². The van der Waals surface area contributed by atoms with Crippen LogP contribution in [0.25, 0.3) is 0 Å². The van der Waals surface area contributed by atoms with E-state index < -0.39 is 24.1 Å². The Morgan fingerprint density at radius 3 is 1.13 bits per heavy atom. The summed E-state index contributed by atoms with van der Waals surface area (Å²) in [6.07, 6.45) is -2.49. The first-order valence-corrected chi connectivity index (χ1v) is 3.43. The zero-order valence-corrected chi connectivity index (χ0v) is 9.64. The van der Waals surface area contributed by atoms with E-state index in [2.05, 4.69) is 9.78 Å². The molecule has 88 valence electrons. The predicted octanol–water partition coefficient (Wildman–Crippen LogP) is -1.24. The zero-order valence-electron chi connectivity index (χ0n) is 8.08. The maximum atomic E-state index is 9.79. The summed E-state index contributed by atoms with van der Waals surface area (Å²) in [6, 6.07) is 0. The second kappa shape index (κ2) is 11.6. The molecule has 0 aliphatic rings. The van der Waals surface area contributed by atoms with Crippen molar-refractivity contribution in [2.75, 3.05) is 0 Å². The van der Waals surface area contributed by atoms with Crippen LogP contribution in [0.15, 0.2) is 0 Å². The quantitative estimate of drug-likeness (QED) is 0.275. The smallest absolute Gasteiger partial charge is 0.369 e. The molecule has 0 heterocycles. The third-order valence-corrected chi connectivity index (χ3v) is 0.862. The van der Waals surface area contributed by atoms with Crippen LogP contribution in [0, 0.1) is 0 Å². The molecule has 2 unspecified atom stereocenters. The molecule has 0 fully saturated rings. The summed E-state index contributed by atoms with van der Waals surface area (Å²) >= 11 is 0. The van der Waals surface area contributed by atoms with Crippen LogP contribution in [0.5, 0.6) is 0 Å². The Kier molecular flexibility index (Phi) is 15.4. The summed E-state index contributed by atoms with van der Waals surface area (Å²) in [7, 11) is 0. The van der Waals surface area contributed by atoms with Gasteiger partial charge in [-0.2, -0.15) is 10.5 Å². The minimum atomic E-state index is -1.25. The van der Waals surface area contributed by atoms with Crippen LogP contribution >= 0.6 is 0 Å². The molecule has 0 saturated carbocycles. The number of aliphatic hydroxyl groups excluding tert-OH is 2. The molecule has 0 saturated heterocycles. The molecular formula is C6H12O8Ti. The molecular weight excluding hydrogens is 248 g/mol. The van der Waals surface area contributed by atoms with Gasteiger partial charge in [0.2, 0.25) is 0 Å².